The number of nitrogens with two attached hydrogens (primary N) is 1. The van der Waals surface area contributed by atoms with Crippen molar-refractivity contribution < 1.29 is 0 Å². The molecule has 0 aliphatic rings. The number of imidazole rings is 2. The van der Waals surface area contributed by atoms with Gasteiger partial charge < -0.3 is 20.6 Å². The second-order valence-electron chi connectivity index (χ2n) is 4.41. The van der Waals surface area contributed by atoms with Crippen LogP contribution in [0.3, 0.4) is 0 Å². The molecule has 3 aromatic rings. The molecule has 0 aliphatic heterocycles. The molecule has 0 saturated heterocycles. The molecule has 0 aliphatic carbocycles. The summed E-state index contributed by atoms with van der Waals surface area (Å²) in [5.41, 5.74) is 8.09. The van der Waals surface area contributed by atoms with Gasteiger partial charge in [0.1, 0.15) is 5.52 Å². The Morgan fingerprint density at radius 3 is 3.05 bits per heavy atom. The second-order valence-corrected chi connectivity index (χ2v) is 4.41. The summed E-state index contributed by atoms with van der Waals surface area (Å²) in [6.07, 6.45) is 6.22. The smallest absolute Gasteiger partial charge is 0.226 e. The van der Waals surface area contributed by atoms with E-state index in [0.717, 1.165) is 18.7 Å². The van der Waals surface area contributed by atoms with Gasteiger partial charge in [-0.05, 0) is 6.92 Å². The first kappa shape index (κ1) is 12.4. The number of nitrogens with zero attached hydrogens (tertiary/aromatic N) is 5. The lowest BCUT2D eigenvalue weighted by Crippen LogP contribution is -2.09. The summed E-state index contributed by atoms with van der Waals surface area (Å²) in [5.74, 6) is 0.877. The molecule has 8 heteroatoms. The minimum Gasteiger partial charge on any atom is -0.382 e. The molecule has 20 heavy (non-hydrogen) atoms. The maximum Gasteiger partial charge on any atom is 0.226 e. The van der Waals surface area contributed by atoms with Crippen LogP contribution >= 0.6 is 0 Å². The number of nitrogen functional groups attached to an aromatic ring is 1. The normalized spacial score (nSPS) is 11.1. The molecule has 0 unspecified atom stereocenters. The van der Waals surface area contributed by atoms with Crippen LogP contribution in [-0.2, 0) is 13.0 Å². The van der Waals surface area contributed by atoms with E-state index in [9.17, 15) is 0 Å². The predicted molar refractivity (Wildman–Crippen MR) is 76.2 cm³/mol. The highest BCUT2D eigenvalue weighted by Gasteiger charge is 2.06. The van der Waals surface area contributed by atoms with Crippen LogP contribution in [0.4, 0.5) is 11.8 Å². The van der Waals surface area contributed by atoms with E-state index in [0.29, 0.717) is 29.5 Å². The van der Waals surface area contributed by atoms with Gasteiger partial charge in [0.15, 0.2) is 11.5 Å². The van der Waals surface area contributed by atoms with Crippen LogP contribution in [0, 0.1) is 0 Å². The van der Waals surface area contributed by atoms with Crippen molar-refractivity contribution in [1.82, 2.24) is 29.5 Å². The van der Waals surface area contributed by atoms with Gasteiger partial charge in [-0.3, -0.25) is 0 Å². The van der Waals surface area contributed by atoms with Gasteiger partial charge in [0.05, 0.1) is 18.3 Å². The van der Waals surface area contributed by atoms with Gasteiger partial charge in [-0.2, -0.15) is 9.97 Å². The summed E-state index contributed by atoms with van der Waals surface area (Å²) in [6.45, 7) is 3.70. The highest BCUT2D eigenvalue weighted by atomic mass is 15.2. The Bertz CT molecular complexity index is 713. The average Bonchev–Trinajstić information content (AvgIpc) is 3.07. The van der Waals surface area contributed by atoms with Gasteiger partial charge in [0, 0.05) is 25.7 Å². The first-order chi connectivity index (χ1) is 9.76. The molecular weight excluding hydrogens is 256 g/mol. The zero-order valence-corrected chi connectivity index (χ0v) is 11.2. The van der Waals surface area contributed by atoms with E-state index in [1.165, 1.54) is 0 Å². The summed E-state index contributed by atoms with van der Waals surface area (Å²) in [7, 11) is 0. The third-order valence-electron chi connectivity index (χ3n) is 3.03. The van der Waals surface area contributed by atoms with E-state index in [1.807, 2.05) is 17.1 Å². The monoisotopic (exact) mass is 272 g/mol. The van der Waals surface area contributed by atoms with Gasteiger partial charge in [0.2, 0.25) is 5.95 Å². The van der Waals surface area contributed by atoms with Crippen molar-refractivity contribution in [1.29, 1.82) is 0 Å². The fourth-order valence-electron chi connectivity index (χ4n) is 1.95. The van der Waals surface area contributed by atoms with Crippen molar-refractivity contribution in [3.05, 3.63) is 24.5 Å². The summed E-state index contributed by atoms with van der Waals surface area (Å²) in [5, 5.41) is 3.14. The number of aryl methyl sites for hydroxylation is 1. The van der Waals surface area contributed by atoms with Gasteiger partial charge in [-0.15, -0.1) is 0 Å². The third-order valence-corrected chi connectivity index (χ3v) is 3.03. The molecule has 0 spiro atoms. The van der Waals surface area contributed by atoms with Crippen LogP contribution < -0.4 is 11.1 Å². The Balaban J connectivity index is 1.64. The number of nitrogens with one attached hydrogen (secondary N) is 2. The van der Waals surface area contributed by atoms with Crippen molar-refractivity contribution in [2.24, 2.45) is 0 Å². The molecule has 3 rings (SSSR count). The Morgan fingerprint density at radius 1 is 1.35 bits per heavy atom. The topological polar surface area (TPSA) is 110 Å². The Labute approximate surface area is 115 Å². The van der Waals surface area contributed by atoms with Crippen molar-refractivity contribution in [2.75, 3.05) is 17.6 Å². The molecule has 0 fully saturated rings. The maximum atomic E-state index is 5.83. The molecular formula is C12H16N8. The first-order valence-electron chi connectivity index (χ1n) is 6.47. The lowest BCUT2D eigenvalue weighted by molar-refractivity contribution is 0.760. The van der Waals surface area contributed by atoms with E-state index in [4.69, 9.17) is 5.73 Å². The fraction of sp³-hybridized carbons (Fsp3) is 0.333. The molecule has 0 amide bonds. The number of rotatable bonds is 5. The zero-order valence-electron chi connectivity index (χ0n) is 11.2. The van der Waals surface area contributed by atoms with Crippen LogP contribution in [0.1, 0.15) is 12.6 Å². The average molecular weight is 272 g/mol. The zero-order chi connectivity index (χ0) is 13.9. The van der Waals surface area contributed by atoms with Crippen LogP contribution in [0.2, 0.25) is 0 Å². The van der Waals surface area contributed by atoms with E-state index in [2.05, 4.69) is 37.2 Å². The molecule has 0 saturated carbocycles. The molecule has 3 aromatic heterocycles. The van der Waals surface area contributed by atoms with Crippen LogP contribution in [0.5, 0.6) is 0 Å². The SMILES string of the molecule is CCn1cnc(CCNc2nc(N)c3[nH]cnc3n2)c1. The minimum atomic E-state index is 0.394. The highest BCUT2D eigenvalue weighted by Crippen LogP contribution is 2.14. The molecule has 0 bridgehead atoms. The number of H-pyrrole nitrogens is 1. The molecule has 0 atom stereocenters. The van der Waals surface area contributed by atoms with Gasteiger partial charge in [-0.1, -0.05) is 0 Å². The van der Waals surface area contributed by atoms with Crippen molar-refractivity contribution in [3.63, 3.8) is 0 Å². The van der Waals surface area contributed by atoms with Crippen molar-refractivity contribution >= 4 is 22.9 Å². The van der Waals surface area contributed by atoms with Gasteiger partial charge in [-0.25, -0.2) is 9.97 Å². The van der Waals surface area contributed by atoms with Gasteiger partial charge in [0.25, 0.3) is 0 Å². The van der Waals surface area contributed by atoms with Crippen molar-refractivity contribution in [3.8, 4) is 0 Å². The number of hydrogen-bond donors (Lipinski definition) is 3. The van der Waals surface area contributed by atoms with E-state index in [1.54, 1.807) is 6.33 Å². The molecule has 0 radical (unpaired) electrons. The maximum absolute atomic E-state index is 5.83. The molecule has 0 aromatic carbocycles. The van der Waals surface area contributed by atoms with Crippen LogP contribution in [0.25, 0.3) is 11.2 Å². The largest absolute Gasteiger partial charge is 0.382 e. The van der Waals surface area contributed by atoms with E-state index < -0.39 is 0 Å². The quantitative estimate of drug-likeness (QED) is 0.634. The summed E-state index contributed by atoms with van der Waals surface area (Å²) in [6, 6.07) is 0. The number of hydrogen-bond acceptors (Lipinski definition) is 6. The summed E-state index contributed by atoms with van der Waals surface area (Å²) < 4.78 is 2.04. The molecule has 4 N–H and O–H groups in total. The fourth-order valence-corrected chi connectivity index (χ4v) is 1.95. The van der Waals surface area contributed by atoms with Crippen molar-refractivity contribution in [2.45, 2.75) is 19.9 Å². The summed E-state index contributed by atoms with van der Waals surface area (Å²) >= 11 is 0. The summed E-state index contributed by atoms with van der Waals surface area (Å²) in [4.78, 5) is 19.8. The Kier molecular flexibility index (Phi) is 3.20. The number of aromatic amines is 1. The van der Waals surface area contributed by atoms with Gasteiger partial charge >= 0.3 is 0 Å². The molecule has 3 heterocycles. The highest BCUT2D eigenvalue weighted by molar-refractivity contribution is 5.82. The Hall–Kier alpha value is -2.64. The third kappa shape index (κ3) is 2.40. The number of aromatic nitrogens is 6. The minimum absolute atomic E-state index is 0.394. The first-order valence-corrected chi connectivity index (χ1v) is 6.47. The van der Waals surface area contributed by atoms with Crippen LogP contribution in [-0.4, -0.2) is 36.0 Å². The van der Waals surface area contributed by atoms with Crippen LogP contribution in [0.15, 0.2) is 18.9 Å². The molecule has 8 nitrogen and oxygen atoms in total. The van der Waals surface area contributed by atoms with E-state index in [-0.39, 0.29) is 0 Å². The Morgan fingerprint density at radius 2 is 2.25 bits per heavy atom. The molecule has 104 valence electrons. The van der Waals surface area contributed by atoms with E-state index >= 15 is 0 Å². The predicted octanol–water partition coefficient (Wildman–Crippen LogP) is 0.806. The second kappa shape index (κ2) is 5.16. The standard InChI is InChI=1S/C12H16N8/c1-2-20-5-8(17-7-20)3-4-14-12-18-10(13)9-11(19-12)16-6-15-9/h5-7H,2-4H2,1H3,(H4,13,14,15,16,18,19). The lowest BCUT2D eigenvalue weighted by Gasteiger charge is -2.04. The number of fused-ring (bicyclic) bond motifs is 1. The lowest BCUT2D eigenvalue weighted by atomic mass is 10.3. The number of anilines is 2.